The molecule has 6 aromatic rings. The number of rotatable bonds is 36. The number of anilines is 5. The number of carbonyl (C=O) groups is 10. The van der Waals surface area contributed by atoms with Crippen molar-refractivity contribution in [3.63, 3.8) is 0 Å². The van der Waals surface area contributed by atoms with Crippen molar-refractivity contribution in [3.8, 4) is 11.1 Å². The number of aromatic carboxylic acids is 1. The number of primary amides is 1. The maximum atomic E-state index is 14.2. The number of nitrogens with zero attached hydrogens (tertiary/aromatic N) is 11. The first-order valence-electron chi connectivity index (χ1n) is 35.8. The van der Waals surface area contributed by atoms with Gasteiger partial charge in [-0.1, -0.05) is 43.4 Å². The molecular formula is C74H94N17O15S+. The number of fused-ring (bicyclic) bond motifs is 2. The van der Waals surface area contributed by atoms with Crippen molar-refractivity contribution in [1.29, 1.82) is 0 Å². The lowest BCUT2D eigenvalue weighted by Crippen LogP contribution is -2.64. The average Bonchev–Trinajstić information content (AvgIpc) is 0.842. The van der Waals surface area contributed by atoms with Crippen LogP contribution in [0.5, 0.6) is 0 Å². The molecule has 4 fully saturated rings. The minimum atomic E-state index is -1.32. The molecule has 6 aliphatic rings. The topological polar surface area (TPSA) is 418 Å². The normalized spacial score (nSPS) is 20.3. The van der Waals surface area contributed by atoms with E-state index >= 15 is 0 Å². The molecule has 10 N–H and O–H groups in total. The van der Waals surface area contributed by atoms with Gasteiger partial charge in [0.1, 0.15) is 24.9 Å². The van der Waals surface area contributed by atoms with Crippen LogP contribution in [0.25, 0.3) is 21.3 Å². The number of imide groups is 1. The van der Waals surface area contributed by atoms with Gasteiger partial charge in [0.25, 0.3) is 11.8 Å². The number of ether oxygens (including phenoxy) is 2. The Hall–Kier alpha value is -10.3. The molecule has 107 heavy (non-hydrogen) atoms. The third-order valence-corrected chi connectivity index (χ3v) is 21.7. The molecule has 2 unspecified atom stereocenters. The number of quaternary nitrogens is 1. The van der Waals surface area contributed by atoms with E-state index in [1.54, 1.807) is 18.3 Å². The summed E-state index contributed by atoms with van der Waals surface area (Å²) in [7, 11) is 5.64. The van der Waals surface area contributed by atoms with E-state index in [9.17, 15) is 63.3 Å². The highest BCUT2D eigenvalue weighted by molar-refractivity contribution is 7.22. The first-order chi connectivity index (χ1) is 50.8. The lowest BCUT2D eigenvalue weighted by atomic mass is 9.39. The summed E-state index contributed by atoms with van der Waals surface area (Å²) in [6.07, 6.45) is 11.2. The Bertz CT molecular complexity index is 4400. The summed E-state index contributed by atoms with van der Waals surface area (Å²) in [5.41, 5.74) is 10.9. The monoisotopic (exact) mass is 1490 g/mol. The van der Waals surface area contributed by atoms with Crippen LogP contribution in [-0.2, 0) is 73.9 Å². The number of amides is 8. The van der Waals surface area contributed by atoms with E-state index < -0.39 is 97.2 Å². The first-order valence-corrected chi connectivity index (χ1v) is 36.6. The number of para-hydroxylation sites is 1. The number of aromatic nitrogens is 6. The lowest BCUT2D eigenvalue weighted by molar-refractivity contribution is -0.904. The van der Waals surface area contributed by atoms with Crippen LogP contribution < -0.4 is 37.2 Å². The van der Waals surface area contributed by atoms with Gasteiger partial charge >= 0.3 is 23.9 Å². The van der Waals surface area contributed by atoms with E-state index in [2.05, 4.69) is 64.7 Å². The molecule has 3 atom stereocenters. The highest BCUT2D eigenvalue weighted by Crippen LogP contribution is 2.72. The van der Waals surface area contributed by atoms with Gasteiger partial charge < -0.3 is 71.4 Å². The molecule has 4 aromatic heterocycles. The number of aliphatic carboxylic acids is 2. The van der Waals surface area contributed by atoms with Gasteiger partial charge in [0.05, 0.1) is 88.7 Å². The van der Waals surface area contributed by atoms with Crippen molar-refractivity contribution in [2.24, 2.45) is 22.0 Å². The lowest BCUT2D eigenvalue weighted by Gasteiger charge is -2.69. The highest BCUT2D eigenvalue weighted by Gasteiger charge is 2.66. The van der Waals surface area contributed by atoms with Crippen LogP contribution in [0, 0.1) is 30.1 Å². The summed E-state index contributed by atoms with van der Waals surface area (Å²) in [6, 6.07) is 14.8. The number of nitrogens with one attached hydrogen (secondary N) is 5. The summed E-state index contributed by atoms with van der Waals surface area (Å²) in [5, 5.41) is 58.8. The van der Waals surface area contributed by atoms with Crippen LogP contribution in [-0.4, -0.2) is 229 Å². The van der Waals surface area contributed by atoms with E-state index in [0.29, 0.717) is 76.5 Å². The van der Waals surface area contributed by atoms with Gasteiger partial charge in [-0.3, -0.25) is 52.8 Å². The molecule has 8 amide bonds. The van der Waals surface area contributed by atoms with E-state index in [1.165, 1.54) is 23.3 Å². The second kappa shape index (κ2) is 32.4. The quantitative estimate of drug-likeness (QED) is 0.0130. The zero-order valence-corrected chi connectivity index (χ0v) is 62.1. The van der Waals surface area contributed by atoms with Gasteiger partial charge in [0.2, 0.25) is 23.6 Å². The molecule has 33 heteroatoms. The Balaban J connectivity index is 0.759. The van der Waals surface area contributed by atoms with E-state index in [1.807, 2.05) is 65.9 Å². The molecule has 4 aliphatic carbocycles. The van der Waals surface area contributed by atoms with Gasteiger partial charge in [0.15, 0.2) is 22.5 Å². The number of hydrogen-bond acceptors (Lipinski definition) is 21. The minimum Gasteiger partial charge on any atom is -0.480 e. The Kier molecular flexibility index (Phi) is 23.5. The highest BCUT2D eigenvalue weighted by atomic mass is 32.1. The fraction of sp³-hybridized carbons (Fsp3) is 0.500. The predicted molar refractivity (Wildman–Crippen MR) is 394 cm³/mol. The smallest absolute Gasteiger partial charge is 0.355 e. The molecule has 2 aliphatic heterocycles. The largest absolute Gasteiger partial charge is 0.480 e. The fourth-order valence-electron chi connectivity index (χ4n) is 17.1. The van der Waals surface area contributed by atoms with Crippen molar-refractivity contribution in [1.82, 2.24) is 60.6 Å². The number of pyridine rings is 1. The van der Waals surface area contributed by atoms with Crippen molar-refractivity contribution in [2.45, 2.75) is 130 Å². The van der Waals surface area contributed by atoms with E-state index in [4.69, 9.17) is 30.3 Å². The van der Waals surface area contributed by atoms with Gasteiger partial charge in [-0.25, -0.2) is 19.6 Å². The number of likely N-dealkylation sites (N-methyl/N-ethyl adjacent to an activating group) is 2. The van der Waals surface area contributed by atoms with Crippen molar-refractivity contribution < 1.29 is 77.2 Å². The van der Waals surface area contributed by atoms with Crippen LogP contribution in [0.15, 0.2) is 72.9 Å². The van der Waals surface area contributed by atoms with E-state index in [-0.39, 0.29) is 79.7 Å². The predicted octanol–water partition coefficient (Wildman–Crippen LogP) is 5.65. The summed E-state index contributed by atoms with van der Waals surface area (Å²) in [4.78, 5) is 141. The number of urea groups is 1. The van der Waals surface area contributed by atoms with Crippen LogP contribution >= 0.6 is 11.3 Å². The summed E-state index contributed by atoms with van der Waals surface area (Å²) in [5.74, 6) is -5.51. The number of carboxylic acid groups (broad SMARTS) is 3. The number of thiazole rings is 1. The fourth-order valence-corrected chi connectivity index (χ4v) is 18.0. The molecule has 2 aromatic carbocycles. The maximum Gasteiger partial charge on any atom is 0.355 e. The Labute approximate surface area is 622 Å². The number of carbonyl (C=O) groups excluding carboxylic acids is 7. The molecule has 4 saturated carbocycles. The standard InChI is InChI=1S/C74H93N17O15S/c1-45-50-12-11-24-88(66(50)85-84-65(45)83-70-81-53-13-8-9-15-55(53)107-70)56-19-18-51(64(82-56)68(102)103)52-31-78-90(46(52)2)44-73-39-71(3)38-72(4,40-73)42-74(41-71,43-73)106-29-26-91(6,7)37-47-16-17-49(30-48(47)33-86(5)61(96)34-87(35-62(97)98)36-63(99)100)79-67(101)54(14-10-23-76-69(75)104)80-58(93)32-77-57(92)22-27-105-28-25-89-59(94)20-21-60(89)95/h8-9,13,15-21,30-31,54H,10-12,14,22-29,32-44H2,1-7H3,(H9-,75,76,77,79,80,81,83,84,92,93,97,98,99,100,101,102,103,104)/p+1/t54-,71?,72?,73?,74?/m0/s1. The van der Waals surface area contributed by atoms with Gasteiger partial charge in [-0.15, -0.1) is 10.2 Å². The van der Waals surface area contributed by atoms with Crippen molar-refractivity contribution in [3.05, 3.63) is 107 Å². The number of benzene rings is 2. The zero-order valence-electron chi connectivity index (χ0n) is 61.3. The summed E-state index contributed by atoms with van der Waals surface area (Å²) < 4.78 is 16.2. The van der Waals surface area contributed by atoms with Crippen LogP contribution in [0.2, 0.25) is 0 Å². The van der Waals surface area contributed by atoms with Gasteiger partial charge in [-0.05, 0) is 136 Å². The summed E-state index contributed by atoms with van der Waals surface area (Å²) in [6.45, 7) is 8.79. The third-order valence-electron chi connectivity index (χ3n) is 20.8. The molecule has 6 heterocycles. The second-order valence-electron chi connectivity index (χ2n) is 30.6. The number of nitrogens with two attached hydrogens (primary N) is 1. The van der Waals surface area contributed by atoms with Gasteiger partial charge in [0, 0.05) is 91.0 Å². The molecular weight excluding hydrogens is 1400 g/mol. The molecule has 4 bridgehead atoms. The molecule has 12 rings (SSSR count). The molecule has 0 radical (unpaired) electrons. The third kappa shape index (κ3) is 19.1. The maximum absolute atomic E-state index is 14.2. The SMILES string of the molecule is Cc1c(Nc2nc3ccccc3s2)nnc2c1CCCN2c1ccc(-c2cnn(CC34CC5(C)CC(C)(C3)CC(OCC[N+](C)(C)Cc3ccc(NC(=O)[C@H](CCCNC(N)=O)NC(=O)CNC(=O)CCOCCN6C(=O)C=CC6=O)cc3CN(C)C(=O)CN(CC(=O)O)CC(=O)O)(C5)C4)c2C)c(C(=O)O)n1. The molecule has 32 nitrogen and oxygen atoms in total. The first kappa shape index (κ1) is 77.7. The van der Waals surface area contributed by atoms with E-state index in [0.717, 1.165) is 106 Å². The number of carboxylic acids is 3. The molecule has 0 saturated heterocycles. The Morgan fingerprint density at radius 2 is 1.54 bits per heavy atom. The van der Waals surface area contributed by atoms with Gasteiger partial charge in [-0.2, -0.15) is 5.10 Å². The zero-order chi connectivity index (χ0) is 76.8. The Morgan fingerprint density at radius 1 is 0.813 bits per heavy atom. The van der Waals surface area contributed by atoms with Crippen LogP contribution in [0.1, 0.15) is 116 Å². The number of hydrogen-bond donors (Lipinski definition) is 9. The molecule has 0 spiro atoms. The van der Waals surface area contributed by atoms with Crippen LogP contribution in [0.4, 0.5) is 33.1 Å². The van der Waals surface area contributed by atoms with Crippen LogP contribution in [0.3, 0.4) is 0 Å². The minimum absolute atomic E-state index is 0.00132. The Morgan fingerprint density at radius 3 is 2.24 bits per heavy atom. The second-order valence-corrected chi connectivity index (χ2v) is 31.6. The average molecular weight is 1490 g/mol. The van der Waals surface area contributed by atoms with Crippen molar-refractivity contribution in [2.75, 3.05) is 109 Å². The molecule has 570 valence electrons. The van der Waals surface area contributed by atoms with Crippen molar-refractivity contribution >= 4 is 109 Å². The summed E-state index contributed by atoms with van der Waals surface area (Å²) >= 11 is 1.54.